The van der Waals surface area contributed by atoms with Crippen LogP contribution in [0.2, 0.25) is 0 Å². The van der Waals surface area contributed by atoms with E-state index in [0.29, 0.717) is 96.6 Å². The van der Waals surface area contributed by atoms with Crippen LogP contribution in [0.4, 0.5) is 127 Å². The van der Waals surface area contributed by atoms with Crippen LogP contribution >= 0.6 is 0 Å². The number of fused-ring (bicyclic) bond motifs is 2. The fourth-order valence-corrected chi connectivity index (χ4v) is 22.2. The summed E-state index contributed by atoms with van der Waals surface area (Å²) in [6.45, 7) is 3.50. The minimum absolute atomic E-state index is 0.0331. The third-order valence-corrected chi connectivity index (χ3v) is 30.3. The van der Waals surface area contributed by atoms with Gasteiger partial charge in [-0.1, -0.05) is 63.5 Å². The van der Waals surface area contributed by atoms with Gasteiger partial charge in [0.15, 0.2) is 23.3 Å². The third kappa shape index (κ3) is 30.9. The van der Waals surface area contributed by atoms with Gasteiger partial charge in [0.1, 0.15) is 23.3 Å². The van der Waals surface area contributed by atoms with E-state index in [2.05, 4.69) is 185 Å². The smallest absolute Gasteiger partial charge is 0.381 e. The molecule has 2 atom stereocenters. The maximum absolute atomic E-state index is 12.9. The summed E-state index contributed by atoms with van der Waals surface area (Å²) < 4.78 is 88.7. The van der Waals surface area contributed by atoms with Crippen molar-refractivity contribution in [2.24, 2.45) is 0 Å². The van der Waals surface area contributed by atoms with Gasteiger partial charge in [0.05, 0.1) is 23.3 Å². The Hall–Kier alpha value is -13.4. The molecule has 0 radical (unpaired) electrons. The van der Waals surface area contributed by atoms with Crippen molar-refractivity contribution in [3.8, 4) is 0 Å². The molecule has 3 aliphatic heterocycles. The minimum Gasteiger partial charge on any atom is -0.381 e. The van der Waals surface area contributed by atoms with E-state index in [1.807, 2.05) is 24.3 Å². The van der Waals surface area contributed by atoms with Crippen molar-refractivity contribution < 1.29 is 55.0 Å². The van der Waals surface area contributed by atoms with Gasteiger partial charge in [-0.05, 0) is 260 Å². The fourth-order valence-electron chi connectivity index (χ4n) is 22.2. The highest BCUT2D eigenvalue weighted by atomic mass is 19.4. The second-order valence-electron chi connectivity index (χ2n) is 41.5. The zero-order valence-corrected chi connectivity index (χ0v) is 83.1. The number of H-pyrrole nitrogens is 4. The van der Waals surface area contributed by atoms with E-state index < -0.39 is 35.5 Å². The molecule has 38 nitrogen and oxygen atoms in total. The first-order chi connectivity index (χ1) is 71.3. The highest BCUT2D eigenvalue weighted by molar-refractivity contribution is 5.90. The summed E-state index contributed by atoms with van der Waals surface area (Å²) in [4.78, 5) is 85.6. The predicted molar refractivity (Wildman–Crippen MR) is 549 cm³/mol. The van der Waals surface area contributed by atoms with E-state index in [0.717, 1.165) is 212 Å². The number of urea groups is 4. The number of hydrogen-bond donors (Lipinski definition) is 20. The number of ether oxygens (including phenoxy) is 2. The van der Waals surface area contributed by atoms with Gasteiger partial charge in [0.2, 0.25) is 23.8 Å². The number of carbonyl (C=O) groups is 4. The normalized spacial score (nSPS) is 23.7. The van der Waals surface area contributed by atoms with Gasteiger partial charge in [0.25, 0.3) is 0 Å². The number of hydrogen-bond acceptors (Lipinski definition) is 26. The summed E-state index contributed by atoms with van der Waals surface area (Å²) >= 11 is 0. The number of amides is 8. The number of aromatic amines is 4. The molecule has 44 heteroatoms. The van der Waals surface area contributed by atoms with E-state index in [-0.39, 0.29) is 71.3 Å². The molecule has 10 aromatic rings. The van der Waals surface area contributed by atoms with Crippen molar-refractivity contribution in [1.82, 2.24) is 113 Å². The van der Waals surface area contributed by atoms with Crippen LogP contribution in [0.1, 0.15) is 308 Å². The third-order valence-electron chi connectivity index (χ3n) is 30.3. The van der Waals surface area contributed by atoms with E-state index in [1.165, 1.54) is 138 Å². The minimum atomic E-state index is -4.46. The van der Waals surface area contributed by atoms with Crippen LogP contribution in [-0.2, 0) is 21.8 Å². The Morgan fingerprint density at radius 1 is 0.327 bits per heavy atom. The second-order valence-corrected chi connectivity index (χ2v) is 41.5. The number of anilines is 14. The molecule has 2 bridgehead atoms. The number of benzene rings is 2. The molecule has 8 amide bonds. The van der Waals surface area contributed by atoms with Crippen LogP contribution < -0.4 is 85.1 Å². The Morgan fingerprint density at radius 3 is 0.905 bits per heavy atom. The standard InChI is InChI=1S/2C26H31F3N8O.C26H38N8O2.C25H38N8O2/c2*27-26(28,29)17-6-3-7-20(14-17)33-25(38)32-19-10-8-18(9-11-19)31-24-30-13-12-22(35-24)34-23-15-21(36-37-23)16-4-1-2-5-16;35-26(30-19-13-20-9-10-21(14-19)36-20)29-18-7-5-17(6-8-18)28-25-27-12-11-23(32-25)31-24-15-22(33-34-24)16-3-1-2-4-16;1-25(11-14-35-15-12-25)31-24(34)28-19-8-6-18(7-9-19)27-23-26-13-10-21(30-23)29-22-16-20(32-33-22)17-4-2-3-5-17/h2*3,6-7,12-16,18-19H,1-2,4-5,8-11H2,(H2,32,33,38)(H3,30,31,34,35,36,37);11-12,15-21H,1-10,13-14H2,(H2,29,30,35)(H3,27,28,31,32,33,34);10,13,16-19H,2-9,11-12,14-15H2,1H3,(H2,28,31,34)(H3,26,27,29,30,32,33). The first-order valence-electron chi connectivity index (χ1n) is 52.9. The molecule has 11 heterocycles. The van der Waals surface area contributed by atoms with Gasteiger partial charge >= 0.3 is 36.5 Å². The fraction of sp³-hybridized carbons (Fsp3) is 0.573. The zero-order valence-electron chi connectivity index (χ0n) is 83.1. The van der Waals surface area contributed by atoms with Crippen molar-refractivity contribution in [1.29, 1.82) is 0 Å². The SMILES string of the molecule is CC1(NC(=O)NC2CCC(Nc3nccc(Nc4cc(C5CCCC5)[nH]n4)n3)CC2)CCOCC1.O=C(NC1CCC(Nc2nccc(Nc3cc(C4CCCC4)[nH]n3)n2)CC1)NC1CC2CCC(C1)O2.O=C(Nc1cccc(C(F)(F)F)c1)NC1CCC(Nc2nccc(Nc3cc(C4CCCC4)[nH]n3)n2)CC1.O=C(Nc1cccc(C(F)(F)F)c1)NC1CCC(Nc2nccc(Nc3cc(C4CCCC4)[nH]n3)n2)CC1. The zero-order chi connectivity index (χ0) is 101. The lowest BCUT2D eigenvalue weighted by Gasteiger charge is -2.36. The molecule has 21 rings (SSSR count). The number of aromatic nitrogens is 16. The summed E-state index contributed by atoms with van der Waals surface area (Å²) in [6.07, 6.45) is 38.2. The van der Waals surface area contributed by atoms with Gasteiger partial charge in [-0.25, -0.2) is 39.1 Å². The van der Waals surface area contributed by atoms with Crippen molar-refractivity contribution >= 4 is 106 Å². The van der Waals surface area contributed by atoms with Crippen LogP contribution in [0.5, 0.6) is 0 Å². The number of carbonyl (C=O) groups excluding carboxylic acids is 4. The highest BCUT2D eigenvalue weighted by Gasteiger charge is 2.39. The number of alkyl halides is 6. The Kier molecular flexibility index (Phi) is 34.8. The Bertz CT molecular complexity index is 5680. The number of nitrogens with zero attached hydrogens (tertiary/aromatic N) is 12. The number of rotatable bonds is 28. The molecule has 0 spiro atoms. The van der Waals surface area contributed by atoms with Gasteiger partial charge in [-0.15, -0.1) is 0 Å². The molecule has 8 saturated carbocycles. The molecule has 788 valence electrons. The topological polar surface area (TPSA) is 497 Å². The molecule has 2 unspecified atom stereocenters. The van der Waals surface area contributed by atoms with Crippen LogP contribution in [0.3, 0.4) is 0 Å². The Morgan fingerprint density at radius 2 is 0.605 bits per heavy atom. The molecule has 11 fully saturated rings. The first kappa shape index (κ1) is 104. The molecule has 147 heavy (non-hydrogen) atoms. The lowest BCUT2D eigenvalue weighted by atomic mass is 9.91. The number of halogens is 6. The summed E-state index contributed by atoms with van der Waals surface area (Å²) in [7, 11) is 0. The van der Waals surface area contributed by atoms with Crippen LogP contribution in [-0.4, -0.2) is 190 Å². The van der Waals surface area contributed by atoms with Gasteiger partial charge < -0.3 is 94.5 Å². The Balaban J connectivity index is 0.000000128. The van der Waals surface area contributed by atoms with Crippen molar-refractivity contribution in [2.45, 2.75) is 359 Å². The molecule has 2 aromatic carbocycles. The quantitative estimate of drug-likeness (QED) is 0.0203. The highest BCUT2D eigenvalue weighted by Crippen LogP contribution is 2.42. The van der Waals surface area contributed by atoms with Gasteiger partial charge in [-0.3, -0.25) is 20.4 Å². The summed E-state index contributed by atoms with van der Waals surface area (Å²) in [5.74, 6) is 10.3. The van der Waals surface area contributed by atoms with E-state index in [9.17, 15) is 45.5 Å². The van der Waals surface area contributed by atoms with Gasteiger partial charge in [0, 0.05) is 180 Å². The molecule has 20 N–H and O–H groups in total. The first-order valence-corrected chi connectivity index (χ1v) is 52.9. The van der Waals surface area contributed by atoms with Crippen molar-refractivity contribution in [2.75, 3.05) is 66.4 Å². The van der Waals surface area contributed by atoms with Gasteiger partial charge in [-0.2, -0.15) is 66.7 Å². The van der Waals surface area contributed by atoms with E-state index >= 15 is 0 Å². The maximum Gasteiger partial charge on any atom is 0.416 e. The van der Waals surface area contributed by atoms with Crippen LogP contribution in [0.15, 0.2) is 122 Å². The summed E-state index contributed by atoms with van der Waals surface area (Å²) in [5, 5.41) is 80.4. The molecule has 8 aliphatic carbocycles. The van der Waals surface area contributed by atoms with Crippen molar-refractivity contribution in [3.63, 3.8) is 0 Å². The Labute approximate surface area is 850 Å². The largest absolute Gasteiger partial charge is 0.416 e. The van der Waals surface area contributed by atoms with Crippen LogP contribution in [0.25, 0.3) is 0 Å². The molecule has 3 saturated heterocycles. The summed E-state index contributed by atoms with van der Waals surface area (Å²) in [5.41, 5.74) is 3.15. The van der Waals surface area contributed by atoms with E-state index in [1.54, 1.807) is 36.9 Å². The van der Waals surface area contributed by atoms with E-state index in [4.69, 9.17) is 9.47 Å². The molecule has 8 aromatic heterocycles. The lowest BCUT2D eigenvalue weighted by molar-refractivity contribution is -0.138. The summed E-state index contributed by atoms with van der Waals surface area (Å²) in [6, 6.07) is 25.0. The monoisotopic (exact) mass is 2030 g/mol. The maximum atomic E-state index is 12.9. The predicted octanol–water partition coefficient (Wildman–Crippen LogP) is 20.9. The molecular formula is C103H138F6N32O6. The van der Waals surface area contributed by atoms with Crippen LogP contribution in [0, 0.1) is 0 Å². The lowest BCUT2D eigenvalue weighted by Crippen LogP contribution is -2.55. The molecular weight excluding hydrogens is 1900 g/mol. The number of nitrogens with one attached hydrogen (secondary N) is 20. The second kappa shape index (κ2) is 49.4. The molecule has 11 aliphatic rings. The average molecular weight is 2030 g/mol. The van der Waals surface area contributed by atoms with Crippen molar-refractivity contribution in [3.05, 3.63) is 156 Å². The average Bonchev–Trinajstić information content (AvgIpc) is 1.84.